The smallest absolute Gasteiger partial charge is 0.271 e. The van der Waals surface area contributed by atoms with Crippen LogP contribution in [0.5, 0.6) is 0 Å². The van der Waals surface area contributed by atoms with Gasteiger partial charge in [-0.15, -0.1) is 0 Å². The largest absolute Gasteiger partial charge is 0.391 e. The van der Waals surface area contributed by atoms with Gasteiger partial charge in [0.05, 0.1) is 18.0 Å². The van der Waals surface area contributed by atoms with Crippen molar-refractivity contribution in [2.45, 2.75) is 24.4 Å². The molecule has 0 aromatic carbocycles. The molecule has 0 spiro atoms. The molecule has 0 amide bonds. The highest BCUT2D eigenvalue weighted by molar-refractivity contribution is 7.90. The molecule has 0 aliphatic carbocycles. The molecular weight excluding hydrogens is 252 g/mol. The quantitative estimate of drug-likeness (QED) is 0.411. The molecule has 0 saturated heterocycles. The Morgan fingerprint density at radius 2 is 1.47 bits per heavy atom. The maximum atomic E-state index is 10.7. The minimum absolute atomic E-state index is 1.01. The molecule has 0 saturated carbocycles. The zero-order chi connectivity index (χ0) is 12.4. The third kappa shape index (κ3) is 5.39. The van der Waals surface area contributed by atoms with Gasteiger partial charge in [-0.1, -0.05) is 0 Å². The van der Waals surface area contributed by atoms with Crippen LogP contribution in [0.1, 0.15) is 6.92 Å². The molecular formula is C5H12O8S2. The van der Waals surface area contributed by atoms with E-state index in [1.807, 2.05) is 0 Å². The van der Waals surface area contributed by atoms with Crippen LogP contribution in [0.2, 0.25) is 0 Å². The van der Waals surface area contributed by atoms with Crippen LogP contribution in [0, 0.1) is 0 Å². The summed E-state index contributed by atoms with van der Waals surface area (Å²) >= 11 is 0. The van der Waals surface area contributed by atoms with Crippen LogP contribution in [-0.4, -0.2) is 59.4 Å². The van der Waals surface area contributed by atoms with E-state index in [0.717, 1.165) is 6.92 Å². The molecule has 0 fully saturated rings. The molecule has 8 nitrogen and oxygen atoms in total. The molecule has 92 valence electrons. The molecule has 3 unspecified atom stereocenters. The molecule has 0 aromatic rings. The third-order valence-corrected chi connectivity index (χ3v) is 3.83. The molecule has 3 atom stereocenters. The highest BCUT2D eigenvalue weighted by atomic mass is 32.2. The SMILES string of the molecule is CC(O)C(O)C(CS(=O)(=O)O)S(=O)(=O)O. The van der Waals surface area contributed by atoms with Crippen LogP contribution in [0.25, 0.3) is 0 Å². The van der Waals surface area contributed by atoms with E-state index in [9.17, 15) is 16.8 Å². The minimum Gasteiger partial charge on any atom is -0.391 e. The lowest BCUT2D eigenvalue weighted by molar-refractivity contribution is 0.0304. The molecule has 10 heteroatoms. The van der Waals surface area contributed by atoms with E-state index in [-0.39, 0.29) is 0 Å². The first-order valence-electron chi connectivity index (χ1n) is 3.72. The van der Waals surface area contributed by atoms with Crippen molar-refractivity contribution >= 4 is 20.2 Å². The van der Waals surface area contributed by atoms with Gasteiger partial charge in [0.2, 0.25) is 0 Å². The van der Waals surface area contributed by atoms with E-state index in [1.54, 1.807) is 0 Å². The molecule has 0 radical (unpaired) electrons. The first-order chi connectivity index (χ1) is 6.45. The second-order valence-corrected chi connectivity index (χ2v) is 6.17. The average Bonchev–Trinajstić information content (AvgIpc) is 1.94. The summed E-state index contributed by atoms with van der Waals surface area (Å²) in [6.07, 6.45) is -3.58. The fourth-order valence-electron chi connectivity index (χ4n) is 0.879. The summed E-state index contributed by atoms with van der Waals surface area (Å²) in [5.41, 5.74) is 0. The summed E-state index contributed by atoms with van der Waals surface area (Å²) in [5, 5.41) is 15.8. The lowest BCUT2D eigenvalue weighted by Gasteiger charge is -2.20. The van der Waals surface area contributed by atoms with Crippen molar-refractivity contribution in [1.29, 1.82) is 0 Å². The molecule has 0 aliphatic heterocycles. The normalized spacial score (nSPS) is 19.5. The fourth-order valence-corrected chi connectivity index (χ4v) is 3.27. The first-order valence-corrected chi connectivity index (χ1v) is 6.84. The Bertz CT molecular complexity index is 393. The van der Waals surface area contributed by atoms with Gasteiger partial charge >= 0.3 is 0 Å². The molecule has 0 aliphatic rings. The van der Waals surface area contributed by atoms with Crippen LogP contribution in [0.3, 0.4) is 0 Å². The minimum atomic E-state index is -4.89. The number of rotatable bonds is 5. The predicted molar refractivity (Wildman–Crippen MR) is 49.4 cm³/mol. The van der Waals surface area contributed by atoms with Crippen LogP contribution in [0.4, 0.5) is 0 Å². The van der Waals surface area contributed by atoms with Gasteiger partial charge in [0.15, 0.2) is 0 Å². The van der Waals surface area contributed by atoms with Crippen molar-refractivity contribution in [3.05, 3.63) is 0 Å². The lowest BCUT2D eigenvalue weighted by atomic mass is 10.2. The highest BCUT2D eigenvalue weighted by Crippen LogP contribution is 2.11. The molecule has 4 N–H and O–H groups in total. The van der Waals surface area contributed by atoms with E-state index in [2.05, 4.69) is 0 Å². The van der Waals surface area contributed by atoms with Crippen LogP contribution < -0.4 is 0 Å². The molecule has 0 rings (SSSR count). The topological polar surface area (TPSA) is 149 Å². The molecule has 0 heterocycles. The summed E-state index contributed by atoms with van der Waals surface area (Å²) in [7, 11) is -9.59. The maximum absolute atomic E-state index is 10.7. The van der Waals surface area contributed by atoms with E-state index < -0.39 is 43.4 Å². The van der Waals surface area contributed by atoms with Crippen LogP contribution in [-0.2, 0) is 20.2 Å². The number of hydrogen-bond acceptors (Lipinski definition) is 6. The standard InChI is InChI=1S/C5H12O8S2/c1-3(6)5(7)4(15(11,12)13)2-14(8,9)10/h3-7H,2H2,1H3,(H,8,9,10)(H,11,12,13). The van der Waals surface area contributed by atoms with Crippen molar-refractivity contribution in [2.75, 3.05) is 5.75 Å². The third-order valence-electron chi connectivity index (χ3n) is 1.63. The van der Waals surface area contributed by atoms with Crippen LogP contribution in [0.15, 0.2) is 0 Å². The van der Waals surface area contributed by atoms with Gasteiger partial charge in [-0.25, -0.2) is 0 Å². The molecule has 15 heavy (non-hydrogen) atoms. The van der Waals surface area contributed by atoms with E-state index in [1.165, 1.54) is 0 Å². The number of hydrogen-bond donors (Lipinski definition) is 4. The van der Waals surface area contributed by atoms with Crippen molar-refractivity contribution < 1.29 is 36.2 Å². The lowest BCUT2D eigenvalue weighted by Crippen LogP contribution is -2.44. The highest BCUT2D eigenvalue weighted by Gasteiger charge is 2.37. The Labute approximate surface area is 87.0 Å². The van der Waals surface area contributed by atoms with Gasteiger partial charge in [0.25, 0.3) is 20.2 Å². The summed E-state index contributed by atoms with van der Waals surface area (Å²) in [6, 6.07) is 0. The Hall–Kier alpha value is -0.260. The van der Waals surface area contributed by atoms with E-state index >= 15 is 0 Å². The van der Waals surface area contributed by atoms with Crippen molar-refractivity contribution in [1.82, 2.24) is 0 Å². The van der Waals surface area contributed by atoms with Gasteiger partial charge in [0.1, 0.15) is 5.25 Å². The zero-order valence-electron chi connectivity index (χ0n) is 7.68. The van der Waals surface area contributed by atoms with Crippen LogP contribution >= 0.6 is 0 Å². The summed E-state index contributed by atoms with van der Waals surface area (Å²) < 4.78 is 59.1. The Kier molecular flexibility index (Phi) is 4.64. The van der Waals surface area contributed by atoms with E-state index in [0.29, 0.717) is 0 Å². The summed E-state index contributed by atoms with van der Waals surface area (Å²) in [6.45, 7) is 1.01. The Morgan fingerprint density at radius 1 is 1.07 bits per heavy atom. The first kappa shape index (κ1) is 14.7. The van der Waals surface area contributed by atoms with Crippen molar-refractivity contribution in [3.63, 3.8) is 0 Å². The van der Waals surface area contributed by atoms with Gasteiger partial charge in [-0.3, -0.25) is 9.11 Å². The van der Waals surface area contributed by atoms with Gasteiger partial charge in [-0.2, -0.15) is 16.8 Å². The predicted octanol–water partition coefficient (Wildman–Crippen LogP) is -2.13. The average molecular weight is 264 g/mol. The van der Waals surface area contributed by atoms with Crippen molar-refractivity contribution in [3.8, 4) is 0 Å². The monoisotopic (exact) mass is 264 g/mol. The van der Waals surface area contributed by atoms with E-state index in [4.69, 9.17) is 19.3 Å². The maximum Gasteiger partial charge on any atom is 0.271 e. The molecule has 0 aromatic heterocycles. The zero-order valence-corrected chi connectivity index (χ0v) is 9.31. The van der Waals surface area contributed by atoms with Crippen molar-refractivity contribution in [2.24, 2.45) is 0 Å². The second-order valence-electron chi connectivity index (χ2n) is 3.03. The van der Waals surface area contributed by atoms with Gasteiger partial charge in [-0.05, 0) is 6.92 Å². The Morgan fingerprint density at radius 3 is 1.67 bits per heavy atom. The fraction of sp³-hybridized carbons (Fsp3) is 1.00. The summed E-state index contributed by atoms with van der Waals surface area (Å²) in [5.74, 6) is -1.39. The van der Waals surface area contributed by atoms with Gasteiger partial charge < -0.3 is 10.2 Å². The Balaban J connectivity index is 5.10. The number of aliphatic hydroxyl groups excluding tert-OH is 2. The second kappa shape index (κ2) is 4.72. The molecule has 0 bridgehead atoms. The summed E-state index contributed by atoms with van der Waals surface area (Å²) in [4.78, 5) is 0. The number of aliphatic hydroxyl groups is 2. The van der Waals surface area contributed by atoms with Gasteiger partial charge in [0, 0.05) is 0 Å².